The van der Waals surface area contributed by atoms with Gasteiger partial charge in [0.2, 0.25) is 5.60 Å². The van der Waals surface area contributed by atoms with Crippen molar-refractivity contribution in [3.8, 4) is 0 Å². The molecular weight excluding hydrogens is 546 g/mol. The first kappa shape index (κ1) is 26.3. The number of hydrogen-bond donors (Lipinski definition) is 2. The maximum Gasteiger partial charge on any atom is 0.348 e. The highest BCUT2D eigenvalue weighted by atomic mass is 79.9. The van der Waals surface area contributed by atoms with Crippen molar-refractivity contribution in [1.82, 2.24) is 4.98 Å². The number of aliphatic hydroxyl groups is 1. The van der Waals surface area contributed by atoms with Gasteiger partial charge in [0.1, 0.15) is 12.4 Å². The molecule has 4 aliphatic rings. The summed E-state index contributed by atoms with van der Waals surface area (Å²) >= 11 is 0. The van der Waals surface area contributed by atoms with Gasteiger partial charge in [-0.15, -0.1) is 0 Å². The first-order chi connectivity index (χ1) is 18.0. The van der Waals surface area contributed by atoms with Gasteiger partial charge in [-0.3, -0.25) is 4.79 Å². The predicted octanol–water partition coefficient (Wildman–Crippen LogP) is 0.596. The fourth-order valence-corrected chi connectivity index (χ4v) is 6.21. The normalized spacial score (nSPS) is 24.2. The van der Waals surface area contributed by atoms with Gasteiger partial charge in [-0.05, 0) is 23.3 Å². The van der Waals surface area contributed by atoms with Crippen molar-refractivity contribution < 1.29 is 40.9 Å². The predicted molar refractivity (Wildman–Crippen MR) is 140 cm³/mol. The number of amides is 1. The molecule has 3 aliphatic heterocycles. The molecule has 2 aromatic carbocycles. The van der Waals surface area contributed by atoms with Crippen LogP contribution in [0, 0.1) is 5.92 Å². The molecule has 3 aromatic rings. The third-order valence-electron chi connectivity index (χ3n) is 8.15. The van der Waals surface area contributed by atoms with Crippen LogP contribution in [0.4, 0.5) is 5.82 Å². The number of pyridine rings is 1. The summed E-state index contributed by atoms with van der Waals surface area (Å²) in [7, 11) is 0. The highest BCUT2D eigenvalue weighted by Crippen LogP contribution is 2.41. The van der Waals surface area contributed by atoms with Crippen molar-refractivity contribution in [3.05, 3.63) is 95.2 Å². The molecule has 2 bridgehead atoms. The summed E-state index contributed by atoms with van der Waals surface area (Å²) in [6.07, 6.45) is 6.89. The van der Waals surface area contributed by atoms with Crippen LogP contribution in [0.1, 0.15) is 35.1 Å². The Morgan fingerprint density at radius 2 is 1.55 bits per heavy atom. The summed E-state index contributed by atoms with van der Waals surface area (Å²) in [4.78, 5) is 31.0. The van der Waals surface area contributed by atoms with Crippen LogP contribution in [0.15, 0.2) is 72.9 Å². The number of piperidine rings is 3. The topological polar surface area (TPSA) is 88.5 Å². The minimum absolute atomic E-state index is 0. The SMILES string of the molecule is O=C(C[N+]12CCC(CC1)[C@@H](OC(=O)C1(O)c3ccccc3C=Cc3ccccc31)C2)Nc1ccccn1.[Br-]. The fraction of sp³-hybridized carbons (Fsp3) is 0.300. The van der Waals surface area contributed by atoms with Crippen LogP contribution >= 0.6 is 0 Å². The van der Waals surface area contributed by atoms with E-state index in [1.807, 2.05) is 54.6 Å². The van der Waals surface area contributed by atoms with Crippen molar-refractivity contribution in [2.24, 2.45) is 5.92 Å². The Morgan fingerprint density at radius 1 is 0.947 bits per heavy atom. The van der Waals surface area contributed by atoms with Crippen LogP contribution in [0.5, 0.6) is 0 Å². The average Bonchev–Trinajstić information content (AvgIpc) is 3.05. The molecule has 38 heavy (non-hydrogen) atoms. The van der Waals surface area contributed by atoms with Crippen molar-refractivity contribution in [3.63, 3.8) is 0 Å². The van der Waals surface area contributed by atoms with E-state index in [2.05, 4.69) is 10.3 Å². The second kappa shape index (κ2) is 10.4. The van der Waals surface area contributed by atoms with E-state index in [0.29, 0.717) is 34.5 Å². The molecule has 4 heterocycles. The van der Waals surface area contributed by atoms with Gasteiger partial charge in [-0.2, -0.15) is 0 Å². The molecule has 3 fully saturated rings. The van der Waals surface area contributed by atoms with Gasteiger partial charge >= 0.3 is 5.97 Å². The van der Waals surface area contributed by atoms with Crippen LogP contribution in [0.3, 0.4) is 0 Å². The number of rotatable bonds is 5. The van der Waals surface area contributed by atoms with Gasteiger partial charge in [0.25, 0.3) is 5.91 Å². The molecule has 2 N–H and O–H groups in total. The number of quaternary nitrogens is 1. The molecular formula is C30H30BrN3O4. The van der Waals surface area contributed by atoms with Crippen LogP contribution < -0.4 is 22.3 Å². The van der Waals surface area contributed by atoms with Gasteiger partial charge < -0.3 is 36.6 Å². The number of nitrogens with one attached hydrogen (secondary N) is 1. The zero-order chi connectivity index (χ0) is 25.5. The monoisotopic (exact) mass is 575 g/mol. The number of nitrogens with zero attached hydrogens (tertiary/aromatic N) is 2. The fourth-order valence-electron chi connectivity index (χ4n) is 6.21. The molecule has 1 amide bonds. The van der Waals surface area contributed by atoms with Gasteiger partial charge in [0, 0.05) is 36.1 Å². The summed E-state index contributed by atoms with van der Waals surface area (Å²) in [5, 5.41) is 15.0. The Hall–Kier alpha value is -3.33. The number of benzene rings is 2. The van der Waals surface area contributed by atoms with E-state index in [-0.39, 0.29) is 34.9 Å². The van der Waals surface area contributed by atoms with E-state index in [0.717, 1.165) is 37.1 Å². The van der Waals surface area contributed by atoms with E-state index in [1.54, 1.807) is 30.5 Å². The molecule has 1 atom stereocenters. The van der Waals surface area contributed by atoms with Gasteiger partial charge in [-0.1, -0.05) is 66.7 Å². The third-order valence-corrected chi connectivity index (χ3v) is 8.15. The minimum atomic E-state index is -1.93. The number of esters is 1. The number of hydrogen-bond acceptors (Lipinski definition) is 5. The zero-order valence-electron chi connectivity index (χ0n) is 20.9. The van der Waals surface area contributed by atoms with Crippen LogP contribution in [0.2, 0.25) is 0 Å². The van der Waals surface area contributed by atoms with Crippen molar-refractivity contribution in [2.45, 2.75) is 24.5 Å². The van der Waals surface area contributed by atoms with Gasteiger partial charge in [0.05, 0.1) is 13.1 Å². The number of anilines is 1. The van der Waals surface area contributed by atoms with E-state index in [9.17, 15) is 14.7 Å². The smallest absolute Gasteiger partial charge is 0.348 e. The molecule has 3 saturated heterocycles. The van der Waals surface area contributed by atoms with Crippen LogP contribution in [-0.2, 0) is 19.9 Å². The van der Waals surface area contributed by atoms with Gasteiger partial charge in [0.15, 0.2) is 12.6 Å². The summed E-state index contributed by atoms with van der Waals surface area (Å²) in [6.45, 7) is 2.60. The molecule has 0 saturated carbocycles. The van der Waals surface area contributed by atoms with Crippen molar-refractivity contribution in [1.29, 1.82) is 0 Å². The lowest BCUT2D eigenvalue weighted by molar-refractivity contribution is -0.939. The first-order valence-corrected chi connectivity index (χ1v) is 12.8. The van der Waals surface area contributed by atoms with E-state index in [4.69, 9.17) is 4.74 Å². The molecule has 1 aromatic heterocycles. The second-order valence-electron chi connectivity index (χ2n) is 10.4. The second-order valence-corrected chi connectivity index (χ2v) is 10.4. The highest BCUT2D eigenvalue weighted by molar-refractivity contribution is 5.92. The Balaban J connectivity index is 0.00000294. The molecule has 8 heteroatoms. The van der Waals surface area contributed by atoms with Gasteiger partial charge in [-0.25, -0.2) is 9.78 Å². The number of ether oxygens (including phenoxy) is 1. The standard InChI is InChI=1S/C30H29N3O4.BrH/c34-28(32-27-11-5-6-16-31-27)20-33-17-14-23(15-18-33)26(19-33)37-29(35)30(36)24-9-3-1-7-21(24)12-13-22-8-2-4-10-25(22)30;/h1-13,16,23,26,36H,14-15,17-20H2;1H/t23?,26-,33?;/m0./s1. The number of halogens is 1. The molecule has 7 rings (SSSR count). The number of aromatic nitrogens is 1. The largest absolute Gasteiger partial charge is 1.00 e. The molecule has 0 radical (unpaired) electrons. The average molecular weight is 576 g/mol. The minimum Gasteiger partial charge on any atom is -1.00 e. The van der Waals surface area contributed by atoms with Crippen LogP contribution in [0.25, 0.3) is 12.2 Å². The Labute approximate surface area is 232 Å². The maximum absolute atomic E-state index is 13.9. The lowest BCUT2D eigenvalue weighted by atomic mass is 9.81. The van der Waals surface area contributed by atoms with Crippen molar-refractivity contribution >= 4 is 29.8 Å². The maximum atomic E-state index is 13.9. The summed E-state index contributed by atoms with van der Waals surface area (Å²) in [5.41, 5.74) is 0.662. The van der Waals surface area contributed by atoms with E-state index >= 15 is 0 Å². The molecule has 196 valence electrons. The number of carbonyl (C=O) groups excluding carboxylic acids is 2. The highest BCUT2D eigenvalue weighted by Gasteiger charge is 2.52. The summed E-state index contributed by atoms with van der Waals surface area (Å²) in [5.74, 6) is -0.00530. The van der Waals surface area contributed by atoms with E-state index in [1.165, 1.54) is 0 Å². The molecule has 0 spiro atoms. The van der Waals surface area contributed by atoms with Crippen LogP contribution in [-0.4, -0.2) is 58.7 Å². The van der Waals surface area contributed by atoms with E-state index < -0.39 is 11.6 Å². The lowest BCUT2D eigenvalue weighted by Crippen LogP contribution is -3.00. The summed E-state index contributed by atoms with van der Waals surface area (Å²) in [6, 6.07) is 20.2. The number of carbonyl (C=O) groups is 2. The lowest BCUT2D eigenvalue weighted by Gasteiger charge is -2.51. The Morgan fingerprint density at radius 3 is 2.16 bits per heavy atom. The molecule has 7 nitrogen and oxygen atoms in total. The molecule has 1 aliphatic carbocycles. The van der Waals surface area contributed by atoms with Crippen molar-refractivity contribution in [2.75, 3.05) is 31.5 Å². The first-order valence-electron chi connectivity index (χ1n) is 12.8. The zero-order valence-corrected chi connectivity index (χ0v) is 22.5. The summed E-state index contributed by atoms with van der Waals surface area (Å²) < 4.78 is 6.76. The molecule has 0 unspecified atom stereocenters. The number of fused-ring (bicyclic) bond motifs is 5. The third kappa shape index (κ3) is 4.68. The quantitative estimate of drug-likeness (QED) is 0.343. The Bertz CT molecular complexity index is 1320. The Kier molecular flexibility index (Phi) is 7.22.